The minimum atomic E-state index is -0.547. The van der Waals surface area contributed by atoms with Crippen LogP contribution >= 0.6 is 12.2 Å². The molecule has 1 heterocycles. The van der Waals surface area contributed by atoms with E-state index >= 15 is 0 Å². The van der Waals surface area contributed by atoms with Crippen LogP contribution in [0.4, 0.5) is 0 Å². The fourth-order valence-electron chi connectivity index (χ4n) is 3.07. The van der Waals surface area contributed by atoms with Crippen LogP contribution in [0.5, 0.6) is 11.5 Å². The Morgan fingerprint density at radius 2 is 1.73 bits per heavy atom. The zero-order valence-corrected chi connectivity index (χ0v) is 18.9. The molecular weight excluding hydrogens is 440 g/mol. The van der Waals surface area contributed by atoms with E-state index in [9.17, 15) is 14.9 Å². The molecule has 1 aromatic heterocycles. The van der Waals surface area contributed by atoms with Crippen molar-refractivity contribution in [3.63, 3.8) is 0 Å². The van der Waals surface area contributed by atoms with Crippen molar-refractivity contribution in [2.24, 2.45) is 0 Å². The lowest BCUT2D eigenvalue weighted by molar-refractivity contribution is 0.0972. The summed E-state index contributed by atoms with van der Waals surface area (Å²) < 4.78 is 12.4. The molecular formula is C24H22N4O4S. The predicted molar refractivity (Wildman–Crippen MR) is 128 cm³/mol. The van der Waals surface area contributed by atoms with Gasteiger partial charge in [-0.1, -0.05) is 30.3 Å². The number of amides is 1. The quantitative estimate of drug-likeness (QED) is 0.411. The highest BCUT2D eigenvalue weighted by Crippen LogP contribution is 2.18. The first-order valence-electron chi connectivity index (χ1n) is 10.1. The number of para-hydroxylation sites is 2. The molecule has 3 rings (SSSR count). The van der Waals surface area contributed by atoms with Gasteiger partial charge in [0.25, 0.3) is 11.5 Å². The summed E-state index contributed by atoms with van der Waals surface area (Å²) >= 11 is 5.20. The van der Waals surface area contributed by atoms with Gasteiger partial charge in [0, 0.05) is 5.69 Å². The van der Waals surface area contributed by atoms with E-state index in [2.05, 4.69) is 10.7 Å². The largest absolute Gasteiger partial charge is 0.490 e. The number of ether oxygens (including phenoxy) is 2. The van der Waals surface area contributed by atoms with Gasteiger partial charge in [0.05, 0.1) is 5.56 Å². The molecule has 0 radical (unpaired) electrons. The number of nitriles is 1. The van der Waals surface area contributed by atoms with Crippen molar-refractivity contribution >= 4 is 23.2 Å². The molecule has 0 fully saturated rings. The highest BCUT2D eigenvalue weighted by molar-refractivity contribution is 7.80. The van der Waals surface area contributed by atoms with Gasteiger partial charge in [-0.25, -0.2) is 4.68 Å². The number of aryl methyl sites for hydroxylation is 2. The topological polar surface area (TPSA) is 105 Å². The molecule has 168 valence electrons. The third kappa shape index (κ3) is 5.96. The maximum absolute atomic E-state index is 12.8. The second-order valence-corrected chi connectivity index (χ2v) is 7.41. The van der Waals surface area contributed by atoms with Gasteiger partial charge in [0.15, 0.2) is 5.11 Å². The van der Waals surface area contributed by atoms with Crippen LogP contribution in [0.25, 0.3) is 0 Å². The predicted octanol–water partition coefficient (Wildman–Crippen LogP) is 3.05. The summed E-state index contributed by atoms with van der Waals surface area (Å²) in [5, 5.41) is 11.6. The molecule has 2 N–H and O–H groups in total. The highest BCUT2D eigenvalue weighted by Gasteiger charge is 2.16. The Morgan fingerprint density at radius 3 is 2.45 bits per heavy atom. The first-order valence-corrected chi connectivity index (χ1v) is 10.5. The summed E-state index contributed by atoms with van der Waals surface area (Å²) in [6, 6.07) is 19.6. The fourth-order valence-corrected chi connectivity index (χ4v) is 3.26. The number of pyridine rings is 1. The first kappa shape index (κ1) is 23.5. The molecule has 0 aliphatic rings. The summed E-state index contributed by atoms with van der Waals surface area (Å²) in [6.45, 7) is 3.90. The maximum atomic E-state index is 12.8. The van der Waals surface area contributed by atoms with E-state index in [1.54, 1.807) is 44.2 Å². The van der Waals surface area contributed by atoms with Gasteiger partial charge in [-0.3, -0.25) is 20.3 Å². The number of hydrogen-bond donors (Lipinski definition) is 2. The Hall–Kier alpha value is -4.16. The number of hydrogen-bond acceptors (Lipinski definition) is 6. The summed E-state index contributed by atoms with van der Waals surface area (Å²) in [4.78, 5) is 25.3. The second kappa shape index (κ2) is 10.9. The number of carbonyl (C=O) groups excluding carboxylic acids is 1. The Bertz CT molecular complexity index is 1270. The highest BCUT2D eigenvalue weighted by atomic mass is 32.1. The second-order valence-electron chi connectivity index (χ2n) is 7.00. The van der Waals surface area contributed by atoms with Gasteiger partial charge in [0.1, 0.15) is 36.3 Å². The molecule has 1 amide bonds. The van der Waals surface area contributed by atoms with E-state index in [4.69, 9.17) is 21.7 Å². The minimum absolute atomic E-state index is 0.00121. The number of nitrogens with zero attached hydrogens (tertiary/aromatic N) is 2. The van der Waals surface area contributed by atoms with Crippen LogP contribution in [0.1, 0.15) is 27.2 Å². The molecule has 8 nitrogen and oxygen atoms in total. The number of rotatable bonds is 7. The first-order chi connectivity index (χ1) is 15.9. The lowest BCUT2D eigenvalue weighted by Crippen LogP contribution is -2.43. The van der Waals surface area contributed by atoms with E-state index in [0.717, 1.165) is 10.4 Å². The van der Waals surface area contributed by atoms with Crippen molar-refractivity contribution < 1.29 is 14.3 Å². The average Bonchev–Trinajstić information content (AvgIpc) is 2.80. The van der Waals surface area contributed by atoms with E-state index in [-0.39, 0.29) is 22.8 Å². The van der Waals surface area contributed by atoms with Crippen molar-refractivity contribution in [2.75, 3.05) is 18.6 Å². The smallest absolute Gasteiger partial charge is 0.287 e. The van der Waals surface area contributed by atoms with Crippen molar-refractivity contribution in [3.8, 4) is 17.6 Å². The van der Waals surface area contributed by atoms with Crippen LogP contribution in [-0.2, 0) is 0 Å². The molecule has 0 saturated heterocycles. The molecule has 2 aromatic carbocycles. The van der Waals surface area contributed by atoms with Crippen LogP contribution in [0.2, 0.25) is 0 Å². The fraction of sp³-hybridized carbons (Fsp3) is 0.167. The summed E-state index contributed by atoms with van der Waals surface area (Å²) in [7, 11) is 0. The zero-order valence-electron chi connectivity index (χ0n) is 18.1. The van der Waals surface area contributed by atoms with Gasteiger partial charge >= 0.3 is 0 Å². The average molecular weight is 463 g/mol. The molecule has 0 saturated carbocycles. The monoisotopic (exact) mass is 462 g/mol. The lowest BCUT2D eigenvalue weighted by atomic mass is 10.1. The molecule has 0 aliphatic carbocycles. The molecule has 0 aliphatic heterocycles. The van der Waals surface area contributed by atoms with Crippen molar-refractivity contribution in [1.82, 2.24) is 9.99 Å². The number of carbonyl (C=O) groups is 1. The van der Waals surface area contributed by atoms with Crippen LogP contribution in [-0.4, -0.2) is 28.9 Å². The Morgan fingerprint density at radius 1 is 1.06 bits per heavy atom. The molecule has 3 aromatic rings. The summed E-state index contributed by atoms with van der Waals surface area (Å²) in [6.07, 6.45) is 0. The molecule has 0 unspecified atom stereocenters. The van der Waals surface area contributed by atoms with Crippen molar-refractivity contribution in [2.45, 2.75) is 13.8 Å². The summed E-state index contributed by atoms with van der Waals surface area (Å²) in [5.41, 5.74) is 3.49. The molecule has 0 bridgehead atoms. The van der Waals surface area contributed by atoms with Crippen LogP contribution in [0.15, 0.2) is 65.5 Å². The third-order valence-corrected chi connectivity index (χ3v) is 4.82. The van der Waals surface area contributed by atoms with Gasteiger partial charge < -0.3 is 9.47 Å². The SMILES string of the molecule is Cc1cc(C)n(NC(=S)NC(=O)c2ccccc2OCCOc2ccccc2)c(=O)c1C#N. The Labute approximate surface area is 196 Å². The summed E-state index contributed by atoms with van der Waals surface area (Å²) in [5.74, 6) is 0.583. The standard InChI is InChI=1S/C24H22N4O4S/c1-16-14-17(2)28(23(30)20(16)15-25)27-24(33)26-22(29)19-10-6-7-11-21(19)32-13-12-31-18-8-4-3-5-9-18/h3-11,14H,12-13H2,1-2H3,(H2,26,27,29,33). The molecule has 33 heavy (non-hydrogen) atoms. The number of nitrogens with one attached hydrogen (secondary N) is 2. The minimum Gasteiger partial charge on any atom is -0.490 e. The van der Waals surface area contributed by atoms with Crippen LogP contribution < -0.4 is 25.8 Å². The van der Waals surface area contributed by atoms with Gasteiger partial charge in [0.2, 0.25) is 0 Å². The number of benzene rings is 2. The van der Waals surface area contributed by atoms with E-state index in [1.165, 1.54) is 0 Å². The van der Waals surface area contributed by atoms with Crippen LogP contribution in [0.3, 0.4) is 0 Å². The third-order valence-electron chi connectivity index (χ3n) is 4.63. The maximum Gasteiger partial charge on any atom is 0.287 e. The van der Waals surface area contributed by atoms with E-state index in [0.29, 0.717) is 23.6 Å². The number of aromatic nitrogens is 1. The lowest BCUT2D eigenvalue weighted by Gasteiger charge is -2.16. The van der Waals surface area contributed by atoms with Crippen molar-refractivity contribution in [3.05, 3.63) is 93.4 Å². The van der Waals surface area contributed by atoms with Gasteiger partial charge in [-0.2, -0.15) is 5.26 Å². The van der Waals surface area contributed by atoms with Crippen molar-refractivity contribution in [1.29, 1.82) is 5.26 Å². The van der Waals surface area contributed by atoms with Crippen LogP contribution in [0, 0.1) is 25.2 Å². The van der Waals surface area contributed by atoms with Gasteiger partial charge in [-0.15, -0.1) is 0 Å². The normalized spacial score (nSPS) is 10.1. The Balaban J connectivity index is 1.63. The van der Waals surface area contributed by atoms with Gasteiger partial charge in [-0.05, 0) is 62.0 Å². The molecule has 0 spiro atoms. The Kier molecular flexibility index (Phi) is 7.78. The molecule has 9 heteroatoms. The van der Waals surface area contributed by atoms with E-state index < -0.39 is 11.5 Å². The molecule has 0 atom stereocenters. The number of thiocarbonyl (C=S) groups is 1. The zero-order chi connectivity index (χ0) is 23.8. The van der Waals surface area contributed by atoms with E-state index in [1.807, 2.05) is 36.4 Å².